The van der Waals surface area contributed by atoms with Crippen LogP contribution >= 0.6 is 0 Å². The van der Waals surface area contributed by atoms with Gasteiger partial charge in [0.2, 0.25) is 0 Å². The second kappa shape index (κ2) is 7.84. The quantitative estimate of drug-likeness (QED) is 0.479. The van der Waals surface area contributed by atoms with E-state index in [-0.39, 0.29) is 0 Å². The molecule has 2 heterocycles. The lowest BCUT2D eigenvalue weighted by Crippen LogP contribution is -2.37. The third-order valence-electron chi connectivity index (χ3n) is 2.76. The second-order valence-electron chi connectivity index (χ2n) is 4.36. The molecule has 0 unspecified atom stereocenters. The Hall–Kier alpha value is -2.63. The van der Waals surface area contributed by atoms with Crippen molar-refractivity contribution in [1.82, 2.24) is 25.2 Å². The first-order valence-corrected chi connectivity index (χ1v) is 6.89. The van der Waals surface area contributed by atoms with Gasteiger partial charge in [0.25, 0.3) is 0 Å². The van der Waals surface area contributed by atoms with E-state index in [2.05, 4.69) is 32.2 Å². The lowest BCUT2D eigenvalue weighted by molar-refractivity contribution is 0.858. The van der Waals surface area contributed by atoms with Crippen LogP contribution in [0.2, 0.25) is 0 Å². The molecule has 0 bridgehead atoms. The van der Waals surface area contributed by atoms with Crippen LogP contribution in [0.25, 0.3) is 5.82 Å². The van der Waals surface area contributed by atoms with Gasteiger partial charge in [0.05, 0.1) is 6.54 Å². The van der Waals surface area contributed by atoms with Crippen LogP contribution in [-0.4, -0.2) is 33.6 Å². The van der Waals surface area contributed by atoms with Gasteiger partial charge in [-0.25, -0.2) is 15.0 Å². The molecule has 0 aliphatic rings. The third kappa shape index (κ3) is 4.45. The molecular weight excluding hydrogens is 264 g/mol. The molecule has 2 aromatic rings. The average molecular weight is 284 g/mol. The lowest BCUT2D eigenvalue weighted by atomic mass is 10.2. The monoisotopic (exact) mass is 284 g/mol. The van der Waals surface area contributed by atoms with Crippen molar-refractivity contribution < 1.29 is 0 Å². The van der Waals surface area contributed by atoms with E-state index < -0.39 is 0 Å². The first-order chi connectivity index (χ1) is 10.3. The van der Waals surface area contributed by atoms with E-state index in [0.29, 0.717) is 13.1 Å². The summed E-state index contributed by atoms with van der Waals surface area (Å²) in [4.78, 5) is 12.9. The number of rotatable bonds is 6. The van der Waals surface area contributed by atoms with Gasteiger partial charge in [-0.3, -0.25) is 4.57 Å². The highest BCUT2D eigenvalue weighted by molar-refractivity contribution is 5.79. The summed E-state index contributed by atoms with van der Waals surface area (Å²) >= 11 is 0. The molecule has 0 aliphatic carbocycles. The highest BCUT2D eigenvalue weighted by Crippen LogP contribution is 2.07. The molecular formula is C15H20N6. The van der Waals surface area contributed by atoms with E-state index in [0.717, 1.165) is 23.9 Å². The summed E-state index contributed by atoms with van der Waals surface area (Å²) in [6.07, 6.45) is 8.91. The van der Waals surface area contributed by atoms with Gasteiger partial charge in [-0.15, -0.1) is 6.58 Å². The van der Waals surface area contributed by atoms with Gasteiger partial charge in [-0.1, -0.05) is 6.08 Å². The minimum absolute atomic E-state index is 0.580. The van der Waals surface area contributed by atoms with Crippen molar-refractivity contribution in [2.45, 2.75) is 13.5 Å². The zero-order valence-corrected chi connectivity index (χ0v) is 12.2. The molecule has 2 aromatic heterocycles. The second-order valence-corrected chi connectivity index (χ2v) is 4.36. The maximum absolute atomic E-state index is 4.54. The highest BCUT2D eigenvalue weighted by Gasteiger charge is 2.00. The molecule has 0 aromatic carbocycles. The van der Waals surface area contributed by atoms with Gasteiger partial charge in [-0.05, 0) is 24.6 Å². The third-order valence-corrected chi connectivity index (χ3v) is 2.76. The van der Waals surface area contributed by atoms with Crippen molar-refractivity contribution in [3.8, 4) is 5.82 Å². The topological polar surface area (TPSA) is 67.1 Å². The van der Waals surface area contributed by atoms with Crippen LogP contribution in [0.3, 0.4) is 0 Å². The van der Waals surface area contributed by atoms with Crippen molar-refractivity contribution >= 4 is 5.96 Å². The molecule has 0 fully saturated rings. The predicted octanol–water partition coefficient (Wildman–Crippen LogP) is 1.51. The summed E-state index contributed by atoms with van der Waals surface area (Å²) < 4.78 is 1.87. The van der Waals surface area contributed by atoms with Crippen LogP contribution in [0.5, 0.6) is 0 Å². The zero-order chi connectivity index (χ0) is 14.9. The van der Waals surface area contributed by atoms with Gasteiger partial charge >= 0.3 is 0 Å². The number of hydrogen-bond donors (Lipinski definition) is 2. The molecule has 21 heavy (non-hydrogen) atoms. The van der Waals surface area contributed by atoms with Gasteiger partial charge in [0, 0.05) is 31.7 Å². The Balaban J connectivity index is 2.07. The molecule has 0 atom stereocenters. The van der Waals surface area contributed by atoms with Crippen LogP contribution in [0.1, 0.15) is 12.5 Å². The minimum Gasteiger partial charge on any atom is -0.357 e. The molecule has 0 saturated heterocycles. The highest BCUT2D eigenvalue weighted by atomic mass is 15.2. The Morgan fingerprint density at radius 1 is 1.43 bits per heavy atom. The fourth-order valence-corrected chi connectivity index (χ4v) is 1.78. The van der Waals surface area contributed by atoms with Gasteiger partial charge in [0.1, 0.15) is 12.1 Å². The molecule has 0 spiro atoms. The number of nitrogens with zero attached hydrogens (tertiary/aromatic N) is 4. The van der Waals surface area contributed by atoms with E-state index in [4.69, 9.17) is 0 Å². The van der Waals surface area contributed by atoms with Crippen LogP contribution in [0, 0.1) is 0 Å². The number of pyridine rings is 1. The molecule has 0 aliphatic heterocycles. The van der Waals surface area contributed by atoms with E-state index in [1.807, 2.05) is 29.8 Å². The Labute approximate surface area is 124 Å². The number of hydrogen-bond acceptors (Lipinski definition) is 3. The number of aliphatic imine (C=N–C) groups is 1. The lowest BCUT2D eigenvalue weighted by Gasteiger charge is -2.09. The molecule has 0 radical (unpaired) electrons. The van der Waals surface area contributed by atoms with Gasteiger partial charge < -0.3 is 10.6 Å². The fourth-order valence-electron chi connectivity index (χ4n) is 1.78. The average Bonchev–Trinajstić information content (AvgIpc) is 3.05. The first-order valence-electron chi connectivity index (χ1n) is 6.89. The largest absolute Gasteiger partial charge is 0.357 e. The first kappa shape index (κ1) is 14.8. The molecule has 0 saturated carbocycles. The van der Waals surface area contributed by atoms with Crippen LogP contribution in [-0.2, 0) is 6.54 Å². The predicted molar refractivity (Wildman–Crippen MR) is 84.4 cm³/mol. The Bertz CT molecular complexity index is 588. The maximum Gasteiger partial charge on any atom is 0.191 e. The fraction of sp³-hybridized carbons (Fsp3) is 0.267. The van der Waals surface area contributed by atoms with Crippen molar-refractivity contribution in [1.29, 1.82) is 0 Å². The van der Waals surface area contributed by atoms with Crippen LogP contribution in [0.15, 0.2) is 54.7 Å². The number of guanidine groups is 1. The molecule has 2 rings (SSSR count). The van der Waals surface area contributed by atoms with E-state index in [9.17, 15) is 0 Å². The number of imidazole rings is 1. The number of aromatic nitrogens is 3. The van der Waals surface area contributed by atoms with Gasteiger partial charge in [-0.2, -0.15) is 0 Å². The van der Waals surface area contributed by atoms with E-state index >= 15 is 0 Å². The summed E-state index contributed by atoms with van der Waals surface area (Å²) in [7, 11) is 0. The normalized spacial score (nSPS) is 11.2. The Morgan fingerprint density at radius 3 is 3.05 bits per heavy atom. The Morgan fingerprint density at radius 2 is 2.33 bits per heavy atom. The summed E-state index contributed by atoms with van der Waals surface area (Å²) in [6, 6.07) is 3.96. The van der Waals surface area contributed by atoms with Crippen molar-refractivity contribution in [2.24, 2.45) is 4.99 Å². The maximum atomic E-state index is 4.54. The summed E-state index contributed by atoms with van der Waals surface area (Å²) in [5, 5.41) is 6.36. The molecule has 6 heteroatoms. The van der Waals surface area contributed by atoms with Gasteiger partial charge in [0.15, 0.2) is 5.96 Å². The van der Waals surface area contributed by atoms with Crippen molar-refractivity contribution in [2.75, 3.05) is 13.1 Å². The van der Waals surface area contributed by atoms with Crippen molar-refractivity contribution in [3.05, 3.63) is 55.3 Å². The Kier molecular flexibility index (Phi) is 5.51. The number of nitrogens with one attached hydrogen (secondary N) is 2. The van der Waals surface area contributed by atoms with Crippen molar-refractivity contribution in [3.63, 3.8) is 0 Å². The van der Waals surface area contributed by atoms with Crippen LogP contribution in [0.4, 0.5) is 0 Å². The molecule has 0 amide bonds. The summed E-state index contributed by atoms with van der Waals surface area (Å²) in [6.45, 7) is 7.81. The summed E-state index contributed by atoms with van der Waals surface area (Å²) in [5.74, 6) is 1.61. The van der Waals surface area contributed by atoms with E-state index in [1.54, 1.807) is 24.8 Å². The molecule has 110 valence electrons. The minimum atomic E-state index is 0.580. The zero-order valence-electron chi connectivity index (χ0n) is 12.2. The smallest absolute Gasteiger partial charge is 0.191 e. The summed E-state index contributed by atoms with van der Waals surface area (Å²) in [5.41, 5.74) is 1.09. The SMILES string of the molecule is C=CCNC(=NCc1ccnc(-n2ccnc2)c1)NCC. The standard InChI is InChI=1S/C15H20N6/c1-3-6-19-15(17-4-2)20-11-13-5-7-18-14(10-13)21-9-8-16-12-21/h3,5,7-10,12H,1,4,6,11H2,2H3,(H2,17,19,20). The van der Waals surface area contributed by atoms with Crippen LogP contribution < -0.4 is 10.6 Å². The molecule has 6 nitrogen and oxygen atoms in total. The van der Waals surface area contributed by atoms with E-state index in [1.165, 1.54) is 0 Å². The molecule has 2 N–H and O–H groups in total.